The fraction of sp³-hybridized carbons (Fsp3) is 0.0417. The van der Waals surface area contributed by atoms with Gasteiger partial charge in [0.2, 0.25) is 0 Å². The number of H-pyrrole nitrogens is 1. The number of hydrogen-bond donors (Lipinski definition) is 2. The minimum Gasteiger partial charge on any atom is -0.489 e. The first-order chi connectivity index (χ1) is 16.5. The van der Waals surface area contributed by atoms with E-state index in [9.17, 15) is 14.9 Å². The number of rotatable bonds is 8. The lowest BCUT2D eigenvalue weighted by Crippen LogP contribution is -2.18. The predicted molar refractivity (Wildman–Crippen MR) is 128 cm³/mol. The van der Waals surface area contributed by atoms with Gasteiger partial charge >= 0.3 is 0 Å². The van der Waals surface area contributed by atoms with Crippen molar-refractivity contribution in [3.8, 4) is 17.0 Å². The summed E-state index contributed by atoms with van der Waals surface area (Å²) in [6.07, 6.45) is 1.32. The summed E-state index contributed by atoms with van der Waals surface area (Å²) in [6.45, 7) is 0.417. The highest BCUT2D eigenvalue weighted by molar-refractivity contribution is 6.30. The third-order valence-electron chi connectivity index (χ3n) is 4.75. The Balaban J connectivity index is 1.34. The van der Waals surface area contributed by atoms with Crippen molar-refractivity contribution in [2.24, 2.45) is 5.10 Å². The highest BCUT2D eigenvalue weighted by Gasteiger charge is 2.11. The zero-order chi connectivity index (χ0) is 23.9. The molecule has 0 bridgehead atoms. The molecule has 0 spiro atoms. The molecule has 0 aliphatic rings. The number of nitro benzene ring substituents is 1. The summed E-state index contributed by atoms with van der Waals surface area (Å²) in [5.74, 6) is 0.200. The summed E-state index contributed by atoms with van der Waals surface area (Å²) in [4.78, 5) is 22.6. The van der Waals surface area contributed by atoms with Crippen LogP contribution in [0.25, 0.3) is 11.3 Å². The SMILES string of the molecule is O=C(NN=Cc1cccc([N+](=O)[O-])c1)c1cc(-c2ccc(OCc3ccc(Cl)cc3)cc2)n[nH]1. The van der Waals surface area contributed by atoms with Gasteiger partial charge in [0.25, 0.3) is 11.6 Å². The van der Waals surface area contributed by atoms with Gasteiger partial charge < -0.3 is 4.74 Å². The Labute approximate surface area is 199 Å². The number of nitro groups is 1. The molecule has 9 nitrogen and oxygen atoms in total. The van der Waals surface area contributed by atoms with E-state index in [-0.39, 0.29) is 11.4 Å². The van der Waals surface area contributed by atoms with Crippen LogP contribution < -0.4 is 10.2 Å². The summed E-state index contributed by atoms with van der Waals surface area (Å²) in [5, 5.41) is 22.2. The molecule has 1 aromatic heterocycles. The number of carbonyl (C=O) groups is 1. The highest BCUT2D eigenvalue weighted by Crippen LogP contribution is 2.22. The lowest BCUT2D eigenvalue weighted by molar-refractivity contribution is -0.384. The van der Waals surface area contributed by atoms with Gasteiger partial charge in [0, 0.05) is 28.3 Å². The minimum atomic E-state index is -0.500. The van der Waals surface area contributed by atoms with Crippen LogP contribution in [0.15, 0.2) is 84.0 Å². The Bertz CT molecular complexity index is 1330. The molecule has 3 aromatic carbocycles. The smallest absolute Gasteiger partial charge is 0.289 e. The van der Waals surface area contributed by atoms with Gasteiger partial charge in [0.1, 0.15) is 18.1 Å². The van der Waals surface area contributed by atoms with Crippen molar-refractivity contribution >= 4 is 29.4 Å². The van der Waals surface area contributed by atoms with Crippen LogP contribution in [0.2, 0.25) is 5.02 Å². The number of nitrogens with zero attached hydrogens (tertiary/aromatic N) is 3. The molecule has 0 fully saturated rings. The van der Waals surface area contributed by atoms with Crippen LogP contribution in [0.1, 0.15) is 21.6 Å². The lowest BCUT2D eigenvalue weighted by atomic mass is 10.1. The number of carbonyl (C=O) groups excluding carboxylic acids is 1. The number of halogens is 1. The second-order valence-corrected chi connectivity index (χ2v) is 7.59. The summed E-state index contributed by atoms with van der Waals surface area (Å²) in [5.41, 5.74) is 5.39. The molecule has 0 saturated heterocycles. The minimum absolute atomic E-state index is 0.0603. The molecular weight excluding hydrogens is 458 g/mol. The van der Waals surface area contributed by atoms with Crippen LogP contribution in [-0.2, 0) is 6.61 Å². The second kappa shape index (κ2) is 10.4. The normalized spacial score (nSPS) is 10.9. The number of aromatic amines is 1. The van der Waals surface area contributed by atoms with Crippen molar-refractivity contribution in [1.82, 2.24) is 15.6 Å². The van der Waals surface area contributed by atoms with E-state index in [2.05, 4.69) is 20.7 Å². The molecule has 0 aliphatic carbocycles. The molecule has 10 heteroatoms. The molecule has 1 heterocycles. The van der Waals surface area contributed by atoms with Crippen molar-refractivity contribution < 1.29 is 14.5 Å². The molecule has 0 aliphatic heterocycles. The lowest BCUT2D eigenvalue weighted by Gasteiger charge is -2.07. The highest BCUT2D eigenvalue weighted by atomic mass is 35.5. The quantitative estimate of drug-likeness (QED) is 0.211. The van der Waals surface area contributed by atoms with Gasteiger partial charge in [-0.15, -0.1) is 0 Å². The Morgan fingerprint density at radius 3 is 2.62 bits per heavy atom. The maximum atomic E-state index is 12.3. The summed E-state index contributed by atoms with van der Waals surface area (Å²) in [7, 11) is 0. The van der Waals surface area contributed by atoms with Gasteiger partial charge in [-0.25, -0.2) is 5.43 Å². The number of hydrazone groups is 1. The van der Waals surface area contributed by atoms with Crippen molar-refractivity contribution in [2.75, 3.05) is 0 Å². The summed E-state index contributed by atoms with van der Waals surface area (Å²) < 4.78 is 5.78. The van der Waals surface area contributed by atoms with Crippen LogP contribution in [-0.4, -0.2) is 27.2 Å². The number of benzene rings is 3. The summed E-state index contributed by atoms with van der Waals surface area (Å²) >= 11 is 5.89. The first-order valence-corrected chi connectivity index (χ1v) is 10.5. The molecule has 0 saturated carbocycles. The molecule has 0 radical (unpaired) electrons. The van der Waals surface area contributed by atoms with Crippen LogP contribution in [0.3, 0.4) is 0 Å². The van der Waals surface area contributed by atoms with Crippen LogP contribution in [0, 0.1) is 10.1 Å². The molecule has 34 heavy (non-hydrogen) atoms. The van der Waals surface area contributed by atoms with E-state index in [0.29, 0.717) is 28.6 Å². The van der Waals surface area contributed by atoms with E-state index in [0.717, 1.165) is 11.1 Å². The van der Waals surface area contributed by atoms with E-state index < -0.39 is 10.8 Å². The van der Waals surface area contributed by atoms with E-state index in [1.54, 1.807) is 12.1 Å². The Hall–Kier alpha value is -4.50. The summed E-state index contributed by atoms with van der Waals surface area (Å²) in [6, 6.07) is 22.3. The van der Waals surface area contributed by atoms with Crippen molar-refractivity contribution in [2.45, 2.75) is 6.61 Å². The largest absolute Gasteiger partial charge is 0.489 e. The van der Waals surface area contributed by atoms with E-state index in [1.807, 2.05) is 48.5 Å². The van der Waals surface area contributed by atoms with Gasteiger partial charge in [0.05, 0.1) is 16.8 Å². The number of amides is 1. The fourth-order valence-corrected chi connectivity index (χ4v) is 3.13. The standard InChI is InChI=1S/C24H18ClN5O4/c25-19-8-4-16(5-9-19)15-34-21-10-6-18(7-11-21)22-13-23(28-27-22)24(31)29-26-14-17-2-1-3-20(12-17)30(32)33/h1-14H,15H2,(H,27,28)(H,29,31). The molecule has 4 rings (SSSR count). The third kappa shape index (κ3) is 5.84. The van der Waals surface area contributed by atoms with E-state index in [4.69, 9.17) is 16.3 Å². The van der Waals surface area contributed by atoms with Crippen molar-refractivity contribution in [1.29, 1.82) is 0 Å². The maximum absolute atomic E-state index is 12.3. The van der Waals surface area contributed by atoms with E-state index >= 15 is 0 Å². The van der Waals surface area contributed by atoms with Gasteiger partial charge in [0.15, 0.2) is 0 Å². The topological polar surface area (TPSA) is 123 Å². The first kappa shape index (κ1) is 22.7. The molecule has 4 aromatic rings. The van der Waals surface area contributed by atoms with Crippen LogP contribution in [0.5, 0.6) is 5.75 Å². The number of aromatic nitrogens is 2. The van der Waals surface area contributed by atoms with Crippen LogP contribution >= 0.6 is 11.6 Å². The Morgan fingerprint density at radius 2 is 1.88 bits per heavy atom. The third-order valence-corrected chi connectivity index (χ3v) is 5.00. The average Bonchev–Trinajstić information content (AvgIpc) is 3.35. The molecule has 0 unspecified atom stereocenters. The molecular formula is C24H18ClN5O4. The number of non-ortho nitro benzene ring substituents is 1. The van der Waals surface area contributed by atoms with Crippen molar-refractivity contribution in [3.05, 3.63) is 111 Å². The van der Waals surface area contributed by atoms with Gasteiger partial charge in [-0.3, -0.25) is 20.0 Å². The average molecular weight is 476 g/mol. The zero-order valence-corrected chi connectivity index (χ0v) is 18.4. The molecule has 170 valence electrons. The zero-order valence-electron chi connectivity index (χ0n) is 17.6. The fourth-order valence-electron chi connectivity index (χ4n) is 3.00. The van der Waals surface area contributed by atoms with E-state index in [1.165, 1.54) is 24.4 Å². The molecule has 2 N–H and O–H groups in total. The van der Waals surface area contributed by atoms with Crippen molar-refractivity contribution in [3.63, 3.8) is 0 Å². The predicted octanol–water partition coefficient (Wildman–Crippen LogP) is 4.98. The van der Waals surface area contributed by atoms with Gasteiger partial charge in [-0.1, -0.05) is 35.9 Å². The van der Waals surface area contributed by atoms with Gasteiger partial charge in [-0.2, -0.15) is 10.2 Å². The maximum Gasteiger partial charge on any atom is 0.289 e. The number of ether oxygens (including phenoxy) is 1. The Morgan fingerprint density at radius 1 is 1.12 bits per heavy atom. The number of hydrogen-bond acceptors (Lipinski definition) is 6. The molecule has 0 atom stereocenters. The number of nitrogens with one attached hydrogen (secondary N) is 2. The first-order valence-electron chi connectivity index (χ1n) is 10.1. The van der Waals surface area contributed by atoms with Crippen LogP contribution in [0.4, 0.5) is 5.69 Å². The monoisotopic (exact) mass is 475 g/mol. The molecule has 1 amide bonds. The second-order valence-electron chi connectivity index (χ2n) is 7.16. The van der Waals surface area contributed by atoms with Gasteiger partial charge in [-0.05, 0) is 48.0 Å². The Kier molecular flexibility index (Phi) is 6.95.